The lowest BCUT2D eigenvalue weighted by Crippen LogP contribution is -2.15. The van der Waals surface area contributed by atoms with E-state index in [1.165, 1.54) is 29.5 Å². The zero-order valence-electron chi connectivity index (χ0n) is 11.5. The van der Waals surface area contributed by atoms with E-state index >= 15 is 0 Å². The molecule has 1 unspecified atom stereocenters. The Kier molecular flexibility index (Phi) is 4.25. The van der Waals surface area contributed by atoms with E-state index in [0.717, 1.165) is 5.75 Å². The minimum Gasteiger partial charge on any atom is -0.496 e. The molecular formula is C15H23NO2. The van der Waals surface area contributed by atoms with Crippen LogP contribution in [0.3, 0.4) is 0 Å². The van der Waals surface area contributed by atoms with Gasteiger partial charge < -0.3 is 15.2 Å². The molecule has 1 saturated carbocycles. The van der Waals surface area contributed by atoms with Crippen molar-refractivity contribution in [3.05, 3.63) is 28.8 Å². The maximum Gasteiger partial charge on any atom is 0.127 e. The fraction of sp³-hybridized carbons (Fsp3) is 0.600. The summed E-state index contributed by atoms with van der Waals surface area (Å²) >= 11 is 0. The Morgan fingerprint density at radius 3 is 2.61 bits per heavy atom. The molecule has 0 saturated heterocycles. The smallest absolute Gasteiger partial charge is 0.127 e. The quantitative estimate of drug-likeness (QED) is 0.843. The summed E-state index contributed by atoms with van der Waals surface area (Å²) in [7, 11) is 1.73. The van der Waals surface area contributed by atoms with Gasteiger partial charge in [0.25, 0.3) is 0 Å². The molecule has 1 fully saturated rings. The third-order valence-corrected chi connectivity index (χ3v) is 3.42. The predicted molar refractivity (Wildman–Crippen MR) is 72.9 cm³/mol. The third kappa shape index (κ3) is 2.85. The van der Waals surface area contributed by atoms with Crippen molar-refractivity contribution in [3.63, 3.8) is 0 Å². The average molecular weight is 249 g/mol. The Hall–Kier alpha value is -1.06. The van der Waals surface area contributed by atoms with Crippen molar-refractivity contribution in [2.45, 2.75) is 32.8 Å². The number of hydrogen-bond donors (Lipinski definition) is 1. The van der Waals surface area contributed by atoms with Crippen LogP contribution in [-0.2, 0) is 4.74 Å². The van der Waals surface area contributed by atoms with Crippen molar-refractivity contribution in [1.29, 1.82) is 0 Å². The van der Waals surface area contributed by atoms with Crippen molar-refractivity contribution >= 4 is 0 Å². The Labute approximate surface area is 109 Å². The first-order valence-electron chi connectivity index (χ1n) is 6.64. The number of ether oxygens (including phenoxy) is 2. The highest BCUT2D eigenvalue weighted by atomic mass is 16.5. The van der Waals surface area contributed by atoms with E-state index in [1.807, 2.05) is 0 Å². The minimum atomic E-state index is 0.141. The summed E-state index contributed by atoms with van der Waals surface area (Å²) in [5.41, 5.74) is 9.17. The third-order valence-electron chi connectivity index (χ3n) is 3.42. The molecule has 3 heteroatoms. The van der Waals surface area contributed by atoms with Crippen LogP contribution in [0.4, 0.5) is 0 Å². The van der Waals surface area contributed by atoms with E-state index in [1.54, 1.807) is 7.11 Å². The minimum absolute atomic E-state index is 0.141. The topological polar surface area (TPSA) is 44.5 Å². The number of hydrogen-bond acceptors (Lipinski definition) is 3. The van der Waals surface area contributed by atoms with Crippen LogP contribution in [0.15, 0.2) is 12.1 Å². The number of aryl methyl sites for hydroxylation is 2. The van der Waals surface area contributed by atoms with Gasteiger partial charge in [0, 0.05) is 12.1 Å². The van der Waals surface area contributed by atoms with Gasteiger partial charge in [-0.05, 0) is 44.2 Å². The van der Waals surface area contributed by atoms with Crippen LogP contribution < -0.4 is 10.5 Å². The second kappa shape index (κ2) is 5.72. The van der Waals surface area contributed by atoms with Crippen LogP contribution in [0.25, 0.3) is 0 Å². The zero-order valence-corrected chi connectivity index (χ0v) is 11.5. The van der Waals surface area contributed by atoms with Gasteiger partial charge in [-0.2, -0.15) is 0 Å². The molecule has 18 heavy (non-hydrogen) atoms. The van der Waals surface area contributed by atoms with E-state index in [4.69, 9.17) is 15.2 Å². The van der Waals surface area contributed by atoms with E-state index in [-0.39, 0.29) is 6.10 Å². The monoisotopic (exact) mass is 249 g/mol. The second-order valence-electron chi connectivity index (χ2n) is 5.12. The highest BCUT2D eigenvalue weighted by Gasteiger charge is 2.35. The summed E-state index contributed by atoms with van der Waals surface area (Å²) in [6.07, 6.45) is 2.62. The fourth-order valence-electron chi connectivity index (χ4n) is 2.55. The highest BCUT2D eigenvalue weighted by Crippen LogP contribution is 2.46. The van der Waals surface area contributed by atoms with E-state index in [9.17, 15) is 0 Å². The van der Waals surface area contributed by atoms with Crippen LogP contribution in [0.5, 0.6) is 5.75 Å². The molecular weight excluding hydrogens is 226 g/mol. The molecule has 1 aliphatic rings. The molecule has 0 radical (unpaired) electrons. The molecule has 0 heterocycles. The van der Waals surface area contributed by atoms with Gasteiger partial charge in [0.1, 0.15) is 5.75 Å². The van der Waals surface area contributed by atoms with Gasteiger partial charge in [-0.1, -0.05) is 11.6 Å². The van der Waals surface area contributed by atoms with E-state index in [0.29, 0.717) is 19.1 Å². The summed E-state index contributed by atoms with van der Waals surface area (Å²) < 4.78 is 11.5. The molecule has 100 valence electrons. The van der Waals surface area contributed by atoms with Gasteiger partial charge in [-0.25, -0.2) is 0 Å². The predicted octanol–water partition coefficient (Wildman–Crippen LogP) is 2.74. The Bertz CT molecular complexity index is 413. The van der Waals surface area contributed by atoms with Gasteiger partial charge >= 0.3 is 0 Å². The maximum atomic E-state index is 5.95. The molecule has 0 amide bonds. The molecule has 1 aromatic rings. The summed E-state index contributed by atoms with van der Waals surface area (Å²) in [6, 6.07) is 4.33. The van der Waals surface area contributed by atoms with Crippen LogP contribution in [-0.4, -0.2) is 20.3 Å². The maximum absolute atomic E-state index is 5.95. The number of benzene rings is 1. The second-order valence-corrected chi connectivity index (χ2v) is 5.12. The van der Waals surface area contributed by atoms with E-state index in [2.05, 4.69) is 26.0 Å². The SMILES string of the molecule is COc1c(C)cc(C)cc1C(OCCN)C1CC1. The lowest BCUT2D eigenvalue weighted by atomic mass is 9.98. The van der Waals surface area contributed by atoms with Crippen LogP contribution >= 0.6 is 0 Å². The number of methoxy groups -OCH3 is 1. The fourth-order valence-corrected chi connectivity index (χ4v) is 2.55. The van der Waals surface area contributed by atoms with Gasteiger partial charge in [-0.15, -0.1) is 0 Å². The molecule has 0 spiro atoms. The van der Waals surface area contributed by atoms with Crippen molar-refractivity contribution in [3.8, 4) is 5.75 Å². The molecule has 1 aromatic carbocycles. The van der Waals surface area contributed by atoms with Crippen molar-refractivity contribution in [2.24, 2.45) is 11.7 Å². The summed E-state index contributed by atoms with van der Waals surface area (Å²) in [6.45, 7) is 5.37. The van der Waals surface area contributed by atoms with Gasteiger partial charge in [0.15, 0.2) is 0 Å². The number of nitrogens with two attached hydrogens (primary N) is 1. The standard InChI is InChI=1S/C15H23NO2/c1-10-8-11(2)14(17-3)13(9-10)15(12-4-5-12)18-7-6-16/h8-9,12,15H,4-7,16H2,1-3H3. The Morgan fingerprint density at radius 1 is 1.33 bits per heavy atom. The molecule has 1 aliphatic carbocycles. The van der Waals surface area contributed by atoms with Crippen LogP contribution in [0, 0.1) is 19.8 Å². The molecule has 0 bridgehead atoms. The first-order chi connectivity index (χ1) is 8.67. The lowest BCUT2D eigenvalue weighted by molar-refractivity contribution is 0.0407. The normalized spacial score (nSPS) is 16.7. The summed E-state index contributed by atoms with van der Waals surface area (Å²) in [4.78, 5) is 0. The number of rotatable bonds is 6. The summed E-state index contributed by atoms with van der Waals surface area (Å²) in [5.74, 6) is 1.60. The molecule has 2 N–H and O–H groups in total. The average Bonchev–Trinajstić information content (AvgIpc) is 3.13. The lowest BCUT2D eigenvalue weighted by Gasteiger charge is -2.22. The van der Waals surface area contributed by atoms with Crippen LogP contribution in [0.2, 0.25) is 0 Å². The first kappa shape index (κ1) is 13.4. The van der Waals surface area contributed by atoms with Gasteiger partial charge in [0.2, 0.25) is 0 Å². The molecule has 0 aliphatic heterocycles. The van der Waals surface area contributed by atoms with Gasteiger partial charge in [-0.3, -0.25) is 0 Å². The zero-order chi connectivity index (χ0) is 13.1. The van der Waals surface area contributed by atoms with Crippen molar-refractivity contribution in [1.82, 2.24) is 0 Å². The van der Waals surface area contributed by atoms with Crippen molar-refractivity contribution in [2.75, 3.05) is 20.3 Å². The van der Waals surface area contributed by atoms with Crippen LogP contribution in [0.1, 0.15) is 35.6 Å². The molecule has 3 nitrogen and oxygen atoms in total. The largest absolute Gasteiger partial charge is 0.496 e. The molecule has 0 aromatic heterocycles. The van der Waals surface area contributed by atoms with Crippen molar-refractivity contribution < 1.29 is 9.47 Å². The molecule has 2 rings (SSSR count). The Morgan fingerprint density at radius 2 is 2.06 bits per heavy atom. The highest BCUT2D eigenvalue weighted by molar-refractivity contribution is 5.45. The first-order valence-corrected chi connectivity index (χ1v) is 6.64. The molecule has 1 atom stereocenters. The van der Waals surface area contributed by atoms with E-state index < -0.39 is 0 Å². The Balaban J connectivity index is 2.33. The summed E-state index contributed by atoms with van der Waals surface area (Å²) in [5, 5.41) is 0. The van der Waals surface area contributed by atoms with Gasteiger partial charge in [0.05, 0.1) is 19.8 Å².